The maximum atomic E-state index is 14.8. The maximum Gasteiger partial charge on any atom is 0.287 e. The molecule has 2 aliphatic heterocycles. The van der Waals surface area contributed by atoms with Crippen molar-refractivity contribution >= 4 is 50.9 Å². The largest absolute Gasteiger partial charge is 0.384 e. The zero-order chi connectivity index (χ0) is 38.1. The molecule has 0 unspecified atom stereocenters. The number of benzene rings is 1. The molecule has 1 aromatic carbocycles. The number of hydrogen-bond acceptors (Lipinski definition) is 11. The smallest absolute Gasteiger partial charge is 0.287 e. The Labute approximate surface area is 308 Å². The number of nitrogens with zero attached hydrogens (tertiary/aromatic N) is 5. The van der Waals surface area contributed by atoms with Crippen molar-refractivity contribution < 1.29 is 38.2 Å². The van der Waals surface area contributed by atoms with Crippen LogP contribution in [0.15, 0.2) is 42.7 Å². The molecule has 16 nitrogen and oxygen atoms in total. The van der Waals surface area contributed by atoms with Gasteiger partial charge in [0.25, 0.3) is 11.8 Å². The molecule has 1 saturated carbocycles. The van der Waals surface area contributed by atoms with Crippen LogP contribution in [0.3, 0.4) is 0 Å². The second-order valence-electron chi connectivity index (χ2n) is 15.2. The van der Waals surface area contributed by atoms with Crippen molar-refractivity contribution in [3.63, 3.8) is 0 Å². The number of nitrogens with one attached hydrogen (secondary N) is 2. The molecule has 3 aliphatic rings. The zero-order valence-corrected chi connectivity index (χ0v) is 30.8. The van der Waals surface area contributed by atoms with Gasteiger partial charge in [-0.05, 0) is 51.2 Å². The van der Waals surface area contributed by atoms with E-state index < -0.39 is 69.3 Å². The summed E-state index contributed by atoms with van der Waals surface area (Å²) in [4.78, 5) is 74.2. The number of nitrogens with two attached hydrogens (primary N) is 1. The van der Waals surface area contributed by atoms with Crippen LogP contribution in [-0.4, -0.2) is 104 Å². The Kier molecular flexibility index (Phi) is 10.9. The van der Waals surface area contributed by atoms with E-state index in [1.807, 2.05) is 24.3 Å². The molecule has 0 radical (unpaired) electrons. The Morgan fingerprint density at radius 2 is 1.75 bits per heavy atom. The number of pyridine rings is 1. The summed E-state index contributed by atoms with van der Waals surface area (Å²) in [5, 5.41) is 25.5. The van der Waals surface area contributed by atoms with Crippen LogP contribution in [0.1, 0.15) is 93.7 Å². The van der Waals surface area contributed by atoms with E-state index >= 15 is 0 Å². The number of aromatic nitrogens is 4. The fraction of sp³-hybridized carbons (Fsp3) is 0.556. The van der Waals surface area contributed by atoms with Gasteiger partial charge in [0.05, 0.1) is 29.0 Å². The van der Waals surface area contributed by atoms with E-state index in [1.54, 1.807) is 19.9 Å². The lowest BCUT2D eigenvalue weighted by Gasteiger charge is -2.45. The van der Waals surface area contributed by atoms with E-state index in [0.29, 0.717) is 17.6 Å². The lowest BCUT2D eigenvalue weighted by Crippen LogP contribution is -2.64. The molecule has 2 aromatic heterocycles. The predicted octanol–water partition coefficient (Wildman–Crippen LogP) is 2.42. The Balaban J connectivity index is 1.34. The van der Waals surface area contributed by atoms with Crippen LogP contribution < -0.4 is 16.4 Å². The number of fused-ring (bicyclic) bond motifs is 1. The van der Waals surface area contributed by atoms with Gasteiger partial charge in [0.15, 0.2) is 0 Å². The van der Waals surface area contributed by atoms with Crippen LogP contribution in [-0.2, 0) is 24.8 Å². The monoisotopic (exact) mass is 752 g/mol. The van der Waals surface area contributed by atoms with E-state index in [4.69, 9.17) is 5.73 Å². The number of ketones is 1. The summed E-state index contributed by atoms with van der Waals surface area (Å²) in [7, 11) is -3.03. The third kappa shape index (κ3) is 8.37. The maximum absolute atomic E-state index is 14.8. The summed E-state index contributed by atoms with van der Waals surface area (Å²) in [5.41, 5.74) is 3.58. The summed E-state index contributed by atoms with van der Waals surface area (Å²) >= 11 is 0. The van der Waals surface area contributed by atoms with Crippen molar-refractivity contribution in [1.82, 2.24) is 35.5 Å². The number of rotatable bonds is 11. The molecule has 2 saturated heterocycles. The highest BCUT2D eigenvalue weighted by Crippen LogP contribution is 2.47. The topological polar surface area (TPSA) is 243 Å². The highest BCUT2D eigenvalue weighted by Gasteiger charge is 2.50. The highest BCUT2D eigenvalue weighted by molar-refractivity contribution is 8.24. The molecule has 0 spiro atoms. The van der Waals surface area contributed by atoms with Crippen LogP contribution in [0.2, 0.25) is 0 Å². The van der Waals surface area contributed by atoms with Gasteiger partial charge in [-0.25, -0.2) is 4.68 Å². The number of Topliss-reactive ketones (excluding diaryl/α,β-unsaturated/α-hetero) is 1. The first-order chi connectivity index (χ1) is 25.1. The fourth-order valence-corrected chi connectivity index (χ4v) is 9.47. The van der Waals surface area contributed by atoms with Gasteiger partial charge < -0.3 is 26.4 Å². The third-order valence-electron chi connectivity index (χ3n) is 10.9. The van der Waals surface area contributed by atoms with E-state index in [9.17, 15) is 38.2 Å². The molecule has 3 fully saturated rings. The first-order valence-corrected chi connectivity index (χ1v) is 19.9. The van der Waals surface area contributed by atoms with Crippen LogP contribution in [0.5, 0.6) is 0 Å². The van der Waals surface area contributed by atoms with Gasteiger partial charge in [-0.15, -0.1) is 5.10 Å². The molecule has 0 bridgehead atoms. The zero-order valence-electron chi connectivity index (χ0n) is 29.9. The Morgan fingerprint density at radius 1 is 1.06 bits per heavy atom. The molecular formula is C36H48N8O8S. The minimum absolute atomic E-state index is 0.00126. The number of likely N-dealkylation sites (tertiary alicyclic amines) is 1. The van der Waals surface area contributed by atoms with Crippen molar-refractivity contribution in [3.8, 4) is 0 Å². The molecule has 286 valence electrons. The molecule has 4 heterocycles. The van der Waals surface area contributed by atoms with E-state index in [1.165, 1.54) is 22.0 Å². The molecule has 1 aliphatic carbocycles. The van der Waals surface area contributed by atoms with Gasteiger partial charge >= 0.3 is 0 Å². The predicted molar refractivity (Wildman–Crippen MR) is 196 cm³/mol. The second-order valence-corrected chi connectivity index (χ2v) is 17.6. The Hall–Kier alpha value is -4.45. The minimum atomic E-state index is -3.03. The SMILES string of the molecule is CC(C)(O)c1cnnn1[C@H]1C[C@@H](C(=O)NC2(C(=O)C(N)=O)CCS(O)(O)CC2)N(C(=O)[C@@H](CC2CCCCC2)NC(=O)c2cnc3ccccc3c2)C1. The molecule has 4 amide bonds. The first-order valence-electron chi connectivity index (χ1n) is 18.1. The molecule has 3 atom stereocenters. The molecule has 7 N–H and O–H groups in total. The number of amides is 4. The van der Waals surface area contributed by atoms with Crippen molar-refractivity contribution in [1.29, 1.82) is 0 Å². The summed E-state index contributed by atoms with van der Waals surface area (Å²) in [6.07, 6.45) is 7.57. The van der Waals surface area contributed by atoms with E-state index in [0.717, 1.165) is 37.5 Å². The Morgan fingerprint density at radius 3 is 2.43 bits per heavy atom. The average molecular weight is 753 g/mol. The number of primary amides is 1. The molecular weight excluding hydrogens is 705 g/mol. The standard InChI is InChI=1S/C36H48N8O8S/c1-35(2,50)29-20-39-42-44(29)25-18-28(33(48)41-36(30(45)31(37)46)12-14-53(51,52)15-13-36)43(21-25)34(49)27(16-22-8-4-3-5-9-22)40-32(47)24-17-23-10-6-7-11-26(23)38-19-24/h6-7,10-11,17,19-20,22,25,27-28,50-52H,3-5,8-9,12-16,18,21H2,1-2H3,(H2,37,46)(H,40,47)(H,41,48)/t25-,27+,28-/m0/s1. The number of carbonyl (C=O) groups excluding carboxylic acids is 5. The van der Waals surface area contributed by atoms with Gasteiger partial charge in [0.1, 0.15) is 23.2 Å². The van der Waals surface area contributed by atoms with Crippen molar-refractivity contribution in [3.05, 3.63) is 54.0 Å². The molecule has 53 heavy (non-hydrogen) atoms. The fourth-order valence-electron chi connectivity index (χ4n) is 7.92. The summed E-state index contributed by atoms with van der Waals surface area (Å²) in [6.45, 7) is 3.08. The van der Waals surface area contributed by atoms with Crippen molar-refractivity contribution in [2.75, 3.05) is 18.1 Å². The summed E-state index contributed by atoms with van der Waals surface area (Å²) < 4.78 is 22.1. The first kappa shape index (κ1) is 38.3. The number of carbonyl (C=O) groups is 5. The normalized spacial score (nSPS) is 22.8. The number of para-hydroxylation sites is 1. The highest BCUT2D eigenvalue weighted by atomic mass is 32.3. The lowest BCUT2D eigenvalue weighted by atomic mass is 9.84. The summed E-state index contributed by atoms with van der Waals surface area (Å²) in [5.74, 6) is -4.42. The van der Waals surface area contributed by atoms with Gasteiger partial charge in [0, 0.05) is 36.1 Å². The van der Waals surface area contributed by atoms with Gasteiger partial charge in [-0.3, -0.25) is 38.1 Å². The average Bonchev–Trinajstić information content (AvgIpc) is 3.81. The van der Waals surface area contributed by atoms with Gasteiger partial charge in [-0.1, -0.05) is 55.5 Å². The number of aliphatic hydroxyl groups is 1. The summed E-state index contributed by atoms with van der Waals surface area (Å²) in [6, 6.07) is 6.19. The number of hydrogen-bond donors (Lipinski definition) is 6. The Bertz CT molecular complexity index is 1880. The quantitative estimate of drug-likeness (QED) is 0.155. The van der Waals surface area contributed by atoms with Gasteiger partial charge in [-0.2, -0.15) is 10.6 Å². The lowest BCUT2D eigenvalue weighted by molar-refractivity contribution is -0.145. The molecule has 17 heteroatoms. The van der Waals surface area contributed by atoms with Crippen molar-refractivity contribution in [2.24, 2.45) is 11.7 Å². The van der Waals surface area contributed by atoms with Crippen LogP contribution in [0.25, 0.3) is 10.9 Å². The molecule has 3 aromatic rings. The van der Waals surface area contributed by atoms with Gasteiger partial charge in [0.2, 0.25) is 17.6 Å². The van der Waals surface area contributed by atoms with Crippen molar-refractivity contribution in [2.45, 2.75) is 101 Å². The van der Waals surface area contributed by atoms with E-state index in [-0.39, 0.29) is 48.8 Å². The molecule has 6 rings (SSSR count). The van der Waals surface area contributed by atoms with Crippen LogP contribution >= 0.6 is 10.6 Å². The minimum Gasteiger partial charge on any atom is -0.384 e. The second kappa shape index (κ2) is 15.1. The third-order valence-corrected chi connectivity index (χ3v) is 12.6. The van der Waals surface area contributed by atoms with E-state index in [2.05, 4.69) is 25.9 Å². The van der Waals surface area contributed by atoms with Crippen LogP contribution in [0.4, 0.5) is 0 Å². The van der Waals surface area contributed by atoms with Crippen LogP contribution in [0, 0.1) is 5.92 Å².